The molecule has 0 radical (unpaired) electrons. The largest absolute Gasteiger partial charge is 0.488 e. The van der Waals surface area contributed by atoms with E-state index in [1.54, 1.807) is 12.3 Å². The number of fused-ring (bicyclic) bond motifs is 1. The van der Waals surface area contributed by atoms with Crippen molar-refractivity contribution in [1.29, 1.82) is 0 Å². The Bertz CT molecular complexity index is 1330. The van der Waals surface area contributed by atoms with E-state index in [1.165, 1.54) is 10.6 Å². The van der Waals surface area contributed by atoms with Crippen LogP contribution in [0.1, 0.15) is 35.0 Å². The normalized spacial score (nSPS) is 14.3. The van der Waals surface area contributed by atoms with Crippen LogP contribution in [0.2, 0.25) is 0 Å². The van der Waals surface area contributed by atoms with Crippen molar-refractivity contribution < 1.29 is 17.9 Å². The zero-order chi connectivity index (χ0) is 21.8. The Hall–Kier alpha value is -3.07. The maximum absolute atomic E-state index is 12.7. The molecule has 31 heavy (non-hydrogen) atoms. The van der Waals surface area contributed by atoms with E-state index in [4.69, 9.17) is 9.72 Å². The second-order valence-electron chi connectivity index (χ2n) is 7.64. The second-order valence-corrected chi connectivity index (χ2v) is 8.63. The number of imidazole rings is 1. The molecule has 160 valence electrons. The maximum atomic E-state index is 12.7. The van der Waals surface area contributed by atoms with Crippen molar-refractivity contribution >= 4 is 22.4 Å². The molecule has 5 rings (SSSR count). The van der Waals surface area contributed by atoms with Gasteiger partial charge in [-0.1, -0.05) is 0 Å². The van der Waals surface area contributed by atoms with Gasteiger partial charge in [0, 0.05) is 35.5 Å². The first-order chi connectivity index (χ1) is 14.8. The Morgan fingerprint density at radius 1 is 1.19 bits per heavy atom. The minimum Gasteiger partial charge on any atom is -0.488 e. The van der Waals surface area contributed by atoms with Crippen LogP contribution in [0.3, 0.4) is 0 Å². The highest BCUT2D eigenvalue weighted by atomic mass is 32.1. The van der Waals surface area contributed by atoms with Crippen LogP contribution in [0, 0.1) is 0 Å². The van der Waals surface area contributed by atoms with Crippen molar-refractivity contribution in [2.75, 3.05) is 0 Å². The lowest BCUT2D eigenvalue weighted by Crippen LogP contribution is -2.16. The van der Waals surface area contributed by atoms with Crippen molar-refractivity contribution in [2.24, 2.45) is 7.05 Å². The molecule has 1 fully saturated rings. The third kappa shape index (κ3) is 3.85. The van der Waals surface area contributed by atoms with E-state index in [0.29, 0.717) is 22.2 Å². The number of alkyl halides is 3. The third-order valence-corrected chi connectivity index (χ3v) is 6.28. The topological polar surface area (TPSA) is 49.0 Å². The Kier molecular flexibility index (Phi) is 4.65. The van der Waals surface area contributed by atoms with Crippen LogP contribution in [0.15, 0.2) is 52.8 Å². The molecule has 0 amide bonds. The first-order valence-electron chi connectivity index (χ1n) is 9.76. The summed E-state index contributed by atoms with van der Waals surface area (Å²) in [5, 5.41) is 1.06. The zero-order valence-corrected chi connectivity index (χ0v) is 17.3. The molecular formula is C22H18F3N3O2S. The van der Waals surface area contributed by atoms with Gasteiger partial charge in [-0.2, -0.15) is 13.2 Å². The molecule has 1 aliphatic rings. The van der Waals surface area contributed by atoms with Crippen molar-refractivity contribution in [3.05, 3.63) is 74.6 Å². The maximum Gasteiger partial charge on any atom is 0.417 e. The van der Waals surface area contributed by atoms with Crippen molar-refractivity contribution in [2.45, 2.75) is 31.5 Å². The van der Waals surface area contributed by atoms with E-state index in [0.717, 1.165) is 52.5 Å². The summed E-state index contributed by atoms with van der Waals surface area (Å²) < 4.78 is 47.2. The number of hydrogen-bond acceptors (Lipinski definition) is 4. The van der Waals surface area contributed by atoms with Crippen molar-refractivity contribution in [1.82, 2.24) is 14.1 Å². The van der Waals surface area contributed by atoms with Crippen LogP contribution in [-0.2, 0) is 19.8 Å². The van der Waals surface area contributed by atoms with E-state index in [2.05, 4.69) is 4.57 Å². The lowest BCUT2D eigenvalue weighted by atomic mass is 10.2. The number of ether oxygens (including phenoxy) is 1. The number of thiophene rings is 1. The number of aryl methyl sites for hydroxylation is 1. The molecule has 1 aliphatic carbocycles. The van der Waals surface area contributed by atoms with E-state index >= 15 is 0 Å². The van der Waals surface area contributed by atoms with Gasteiger partial charge in [-0.15, -0.1) is 11.3 Å². The number of pyridine rings is 1. The first-order valence-corrected chi connectivity index (χ1v) is 10.6. The smallest absolute Gasteiger partial charge is 0.417 e. The summed E-state index contributed by atoms with van der Waals surface area (Å²) >= 11 is 0.974. The van der Waals surface area contributed by atoms with E-state index in [1.807, 2.05) is 25.2 Å². The number of rotatable bonds is 5. The van der Waals surface area contributed by atoms with Crippen LogP contribution < -0.4 is 10.3 Å². The quantitative estimate of drug-likeness (QED) is 0.421. The molecule has 1 saturated carbocycles. The molecule has 1 aromatic carbocycles. The number of benzene rings is 1. The summed E-state index contributed by atoms with van der Waals surface area (Å²) in [6.45, 7) is -0.0326. The second kappa shape index (κ2) is 7.26. The van der Waals surface area contributed by atoms with Gasteiger partial charge in [0.1, 0.15) is 18.2 Å². The summed E-state index contributed by atoms with van der Waals surface area (Å²) in [7, 11) is 1.99. The van der Waals surface area contributed by atoms with Gasteiger partial charge in [-0.25, -0.2) is 4.98 Å². The summed E-state index contributed by atoms with van der Waals surface area (Å²) in [6, 6.07) is 9.70. The van der Waals surface area contributed by atoms with Gasteiger partial charge >= 0.3 is 6.18 Å². The molecule has 5 nitrogen and oxygen atoms in total. The lowest BCUT2D eigenvalue weighted by Gasteiger charge is -2.09. The third-order valence-electron chi connectivity index (χ3n) is 5.37. The molecule has 0 aliphatic heterocycles. The predicted octanol–water partition coefficient (Wildman–Crippen LogP) is 5.26. The standard InChI is InChI=1S/C22H18F3N3O2S/c1-27-19-9-15(4-5-18(19)26-21(27)13-2-3-13)28-7-6-16(10-20(28)29)30-11-17-8-14(12-31-17)22(23,24)25/h4-10,12-13H,2-3,11H2,1H3. The van der Waals surface area contributed by atoms with Gasteiger partial charge < -0.3 is 9.30 Å². The molecule has 3 aromatic heterocycles. The first kappa shape index (κ1) is 19.9. The SMILES string of the molecule is Cn1c(C2CC2)nc2ccc(-n3ccc(OCc4cc(C(F)(F)F)cs4)cc3=O)cc21. The van der Waals surface area contributed by atoms with Gasteiger partial charge in [0.05, 0.1) is 22.3 Å². The fourth-order valence-electron chi connectivity index (χ4n) is 3.58. The van der Waals surface area contributed by atoms with E-state index < -0.39 is 11.7 Å². The molecule has 9 heteroatoms. The Balaban J connectivity index is 1.36. The van der Waals surface area contributed by atoms with Gasteiger partial charge in [0.25, 0.3) is 5.56 Å². The molecule has 3 heterocycles. The molecular weight excluding hydrogens is 427 g/mol. The highest BCUT2D eigenvalue weighted by Crippen LogP contribution is 2.40. The molecule has 0 spiro atoms. The highest BCUT2D eigenvalue weighted by Gasteiger charge is 2.31. The number of hydrogen-bond donors (Lipinski definition) is 0. The molecule has 0 saturated heterocycles. The molecule has 0 N–H and O–H groups in total. The Morgan fingerprint density at radius 3 is 2.68 bits per heavy atom. The minimum atomic E-state index is -4.37. The Labute approximate surface area is 179 Å². The van der Waals surface area contributed by atoms with E-state index in [9.17, 15) is 18.0 Å². The molecule has 4 aromatic rings. The molecule has 0 bridgehead atoms. The van der Waals surface area contributed by atoms with Crippen LogP contribution in [0.25, 0.3) is 16.7 Å². The zero-order valence-electron chi connectivity index (χ0n) is 16.5. The van der Waals surface area contributed by atoms with Crippen LogP contribution in [-0.4, -0.2) is 14.1 Å². The summed E-state index contributed by atoms with van der Waals surface area (Å²) in [5.41, 5.74) is 1.59. The minimum absolute atomic E-state index is 0.0326. The van der Waals surface area contributed by atoms with Gasteiger partial charge in [0.2, 0.25) is 0 Å². The number of halogens is 3. The Morgan fingerprint density at radius 2 is 2.00 bits per heavy atom. The van der Waals surface area contributed by atoms with Crippen LogP contribution in [0.4, 0.5) is 13.2 Å². The average Bonchev–Trinajstić information content (AvgIpc) is 3.35. The van der Waals surface area contributed by atoms with Gasteiger partial charge in [-0.05, 0) is 43.2 Å². The van der Waals surface area contributed by atoms with Crippen molar-refractivity contribution in [3.63, 3.8) is 0 Å². The summed E-state index contributed by atoms with van der Waals surface area (Å²) in [6.07, 6.45) is -0.446. The average molecular weight is 445 g/mol. The summed E-state index contributed by atoms with van der Waals surface area (Å²) in [5.74, 6) is 1.90. The van der Waals surface area contributed by atoms with Crippen LogP contribution in [0.5, 0.6) is 5.75 Å². The number of nitrogens with zero attached hydrogens (tertiary/aromatic N) is 3. The van der Waals surface area contributed by atoms with Gasteiger partial charge in [0.15, 0.2) is 0 Å². The predicted molar refractivity (Wildman–Crippen MR) is 112 cm³/mol. The lowest BCUT2D eigenvalue weighted by molar-refractivity contribution is -0.137. The highest BCUT2D eigenvalue weighted by molar-refractivity contribution is 7.10. The fraction of sp³-hybridized carbons (Fsp3) is 0.273. The van der Waals surface area contributed by atoms with Crippen LogP contribution >= 0.6 is 11.3 Å². The monoisotopic (exact) mass is 445 g/mol. The van der Waals surface area contributed by atoms with E-state index in [-0.39, 0.29) is 12.2 Å². The molecule has 0 atom stereocenters. The molecule has 0 unspecified atom stereocenters. The fourth-order valence-corrected chi connectivity index (χ4v) is 4.38. The van der Waals surface area contributed by atoms with Crippen molar-refractivity contribution in [3.8, 4) is 11.4 Å². The van der Waals surface area contributed by atoms with Gasteiger partial charge in [-0.3, -0.25) is 9.36 Å². The number of aromatic nitrogens is 3. The summed E-state index contributed by atoms with van der Waals surface area (Å²) in [4.78, 5) is 17.8.